The number of anilines is 1. The van der Waals surface area contributed by atoms with Crippen molar-refractivity contribution in [3.05, 3.63) is 42.2 Å². The Morgan fingerprint density at radius 2 is 1.95 bits per heavy atom. The molecule has 114 valence electrons. The molecule has 1 unspecified atom stereocenters. The van der Waals surface area contributed by atoms with Crippen LogP contribution in [0.15, 0.2) is 36.4 Å². The molecule has 0 saturated carbocycles. The molecule has 0 saturated heterocycles. The first-order valence-corrected chi connectivity index (χ1v) is 7.37. The van der Waals surface area contributed by atoms with Crippen molar-refractivity contribution in [1.82, 2.24) is 25.6 Å². The fourth-order valence-electron chi connectivity index (χ4n) is 2.46. The number of H-pyrrole nitrogens is 1. The lowest BCUT2D eigenvalue weighted by atomic mass is 9.88. The van der Waals surface area contributed by atoms with Gasteiger partial charge in [0.25, 0.3) is 0 Å². The van der Waals surface area contributed by atoms with Gasteiger partial charge in [0.15, 0.2) is 5.82 Å². The highest BCUT2D eigenvalue weighted by molar-refractivity contribution is 5.80. The second-order valence-corrected chi connectivity index (χ2v) is 6.62. The normalized spacial score (nSPS) is 13.2. The number of aromatic amines is 1. The van der Waals surface area contributed by atoms with Gasteiger partial charge in [0.2, 0.25) is 0 Å². The molecule has 6 nitrogen and oxygen atoms in total. The molecule has 0 aliphatic heterocycles. The predicted octanol–water partition coefficient (Wildman–Crippen LogP) is 3.34. The van der Waals surface area contributed by atoms with Crippen molar-refractivity contribution in [2.75, 3.05) is 5.32 Å². The summed E-state index contributed by atoms with van der Waals surface area (Å²) in [5.41, 5.74) is 1.10. The van der Waals surface area contributed by atoms with Crippen LogP contribution in [0.2, 0.25) is 0 Å². The Kier molecular flexibility index (Phi) is 3.75. The summed E-state index contributed by atoms with van der Waals surface area (Å²) < 4.78 is 0. The Labute approximate surface area is 129 Å². The molecular formula is C16H20N6. The largest absolute Gasteiger partial charge is 0.360 e. The highest BCUT2D eigenvalue weighted by Crippen LogP contribution is 2.30. The monoisotopic (exact) mass is 296 g/mol. The molecular weight excluding hydrogens is 276 g/mol. The highest BCUT2D eigenvalue weighted by Gasteiger charge is 2.23. The van der Waals surface area contributed by atoms with Crippen LogP contribution in [0, 0.1) is 5.41 Å². The van der Waals surface area contributed by atoms with Gasteiger partial charge in [-0.25, -0.2) is 4.98 Å². The highest BCUT2D eigenvalue weighted by atomic mass is 15.5. The summed E-state index contributed by atoms with van der Waals surface area (Å²) >= 11 is 0. The Hall–Kier alpha value is -2.50. The van der Waals surface area contributed by atoms with Crippen molar-refractivity contribution in [2.24, 2.45) is 5.41 Å². The molecule has 0 aliphatic rings. The first-order chi connectivity index (χ1) is 10.5. The summed E-state index contributed by atoms with van der Waals surface area (Å²) in [6.07, 6.45) is 0.876. The maximum absolute atomic E-state index is 4.66. The Morgan fingerprint density at radius 3 is 2.68 bits per heavy atom. The first-order valence-electron chi connectivity index (χ1n) is 7.37. The number of tetrazole rings is 1. The second-order valence-electron chi connectivity index (χ2n) is 6.62. The third-order valence-electron chi connectivity index (χ3n) is 3.41. The molecule has 3 aromatic rings. The smallest absolute Gasteiger partial charge is 0.196 e. The van der Waals surface area contributed by atoms with Crippen molar-refractivity contribution in [3.8, 4) is 0 Å². The molecule has 6 heteroatoms. The maximum Gasteiger partial charge on any atom is 0.196 e. The minimum absolute atomic E-state index is 0.0348. The Morgan fingerprint density at radius 1 is 1.14 bits per heavy atom. The summed E-state index contributed by atoms with van der Waals surface area (Å²) in [4.78, 5) is 4.66. The van der Waals surface area contributed by atoms with E-state index in [-0.39, 0.29) is 11.5 Å². The number of nitrogens with zero attached hydrogens (tertiary/aromatic N) is 4. The van der Waals surface area contributed by atoms with Crippen LogP contribution in [-0.2, 0) is 0 Å². The zero-order valence-electron chi connectivity index (χ0n) is 13.0. The van der Waals surface area contributed by atoms with E-state index in [9.17, 15) is 0 Å². The van der Waals surface area contributed by atoms with Gasteiger partial charge in [-0.3, -0.25) is 0 Å². The van der Waals surface area contributed by atoms with Crippen LogP contribution in [0.3, 0.4) is 0 Å². The topological polar surface area (TPSA) is 79.4 Å². The number of hydrogen-bond donors (Lipinski definition) is 2. The summed E-state index contributed by atoms with van der Waals surface area (Å²) in [6, 6.07) is 12.1. The van der Waals surface area contributed by atoms with Gasteiger partial charge in [0, 0.05) is 5.39 Å². The van der Waals surface area contributed by atoms with Gasteiger partial charge in [0.05, 0.1) is 11.6 Å². The van der Waals surface area contributed by atoms with E-state index >= 15 is 0 Å². The minimum Gasteiger partial charge on any atom is -0.360 e. The molecule has 3 rings (SSSR count). The van der Waals surface area contributed by atoms with Crippen LogP contribution in [-0.4, -0.2) is 25.6 Å². The van der Waals surface area contributed by atoms with E-state index in [0.717, 1.165) is 23.1 Å². The van der Waals surface area contributed by atoms with Crippen LogP contribution in [0.25, 0.3) is 10.9 Å². The summed E-state index contributed by atoms with van der Waals surface area (Å²) in [5, 5.41) is 19.0. The van der Waals surface area contributed by atoms with E-state index in [2.05, 4.69) is 63.8 Å². The minimum atomic E-state index is -0.0348. The average Bonchev–Trinajstić information content (AvgIpc) is 2.99. The summed E-state index contributed by atoms with van der Waals surface area (Å²) in [7, 11) is 0. The van der Waals surface area contributed by atoms with E-state index in [1.807, 2.05) is 24.3 Å². The number of aromatic nitrogens is 5. The van der Waals surface area contributed by atoms with Crippen LogP contribution in [0.5, 0.6) is 0 Å². The van der Waals surface area contributed by atoms with Crippen LogP contribution < -0.4 is 5.32 Å². The molecule has 2 N–H and O–H groups in total. The lowest BCUT2D eigenvalue weighted by Gasteiger charge is -2.25. The number of para-hydroxylation sites is 1. The van der Waals surface area contributed by atoms with Crippen LogP contribution >= 0.6 is 0 Å². The quantitative estimate of drug-likeness (QED) is 0.772. The van der Waals surface area contributed by atoms with E-state index < -0.39 is 0 Å². The van der Waals surface area contributed by atoms with Crippen molar-refractivity contribution < 1.29 is 0 Å². The third kappa shape index (κ3) is 3.39. The number of fused-ring (bicyclic) bond motifs is 1. The number of rotatable bonds is 4. The van der Waals surface area contributed by atoms with Gasteiger partial charge in [-0.2, -0.15) is 5.21 Å². The van der Waals surface area contributed by atoms with E-state index in [4.69, 9.17) is 0 Å². The van der Waals surface area contributed by atoms with Crippen molar-refractivity contribution >= 4 is 16.7 Å². The van der Waals surface area contributed by atoms with E-state index in [1.165, 1.54) is 0 Å². The predicted molar refractivity (Wildman–Crippen MR) is 86.4 cm³/mol. The van der Waals surface area contributed by atoms with Gasteiger partial charge < -0.3 is 5.32 Å². The number of nitrogens with one attached hydrogen (secondary N) is 2. The number of benzene rings is 1. The third-order valence-corrected chi connectivity index (χ3v) is 3.41. The van der Waals surface area contributed by atoms with E-state index in [1.54, 1.807) is 0 Å². The summed E-state index contributed by atoms with van der Waals surface area (Å²) in [6.45, 7) is 6.57. The fraction of sp³-hybridized carbons (Fsp3) is 0.375. The second kappa shape index (κ2) is 5.71. The van der Waals surface area contributed by atoms with Crippen LogP contribution in [0.1, 0.15) is 39.1 Å². The van der Waals surface area contributed by atoms with Gasteiger partial charge in [0.1, 0.15) is 5.82 Å². The van der Waals surface area contributed by atoms with Crippen molar-refractivity contribution in [1.29, 1.82) is 0 Å². The maximum atomic E-state index is 4.66. The lowest BCUT2D eigenvalue weighted by molar-refractivity contribution is 0.346. The Balaban J connectivity index is 1.88. The molecule has 0 spiro atoms. The molecule has 1 aromatic carbocycles. The van der Waals surface area contributed by atoms with Crippen molar-refractivity contribution in [2.45, 2.75) is 33.2 Å². The molecule has 0 amide bonds. The molecule has 1 atom stereocenters. The number of hydrogen-bond acceptors (Lipinski definition) is 5. The fourth-order valence-corrected chi connectivity index (χ4v) is 2.46. The molecule has 0 radical (unpaired) electrons. The van der Waals surface area contributed by atoms with Gasteiger partial charge in [-0.1, -0.05) is 44.2 Å². The molecule has 0 bridgehead atoms. The van der Waals surface area contributed by atoms with Crippen molar-refractivity contribution in [3.63, 3.8) is 0 Å². The average molecular weight is 296 g/mol. The molecule has 0 fully saturated rings. The van der Waals surface area contributed by atoms with Gasteiger partial charge >= 0.3 is 0 Å². The van der Waals surface area contributed by atoms with Gasteiger partial charge in [-0.15, -0.1) is 10.2 Å². The first kappa shape index (κ1) is 14.4. The molecule has 22 heavy (non-hydrogen) atoms. The Bertz CT molecular complexity index is 745. The van der Waals surface area contributed by atoms with Gasteiger partial charge in [-0.05, 0) is 30.0 Å². The zero-order chi connectivity index (χ0) is 15.6. The lowest BCUT2D eigenvalue weighted by Crippen LogP contribution is -2.20. The molecule has 0 aliphatic carbocycles. The zero-order valence-corrected chi connectivity index (χ0v) is 13.0. The summed E-state index contributed by atoms with van der Waals surface area (Å²) in [5.74, 6) is 1.47. The standard InChI is InChI=1S/C16H20N6/c1-16(2,3)10-13(15-19-21-22-20-15)18-14-9-8-11-6-4-5-7-12(11)17-14/h4-9,13H,10H2,1-3H3,(H,17,18)(H,19,20,21,22). The van der Waals surface area contributed by atoms with E-state index in [0.29, 0.717) is 5.82 Å². The van der Waals surface area contributed by atoms with Crippen LogP contribution in [0.4, 0.5) is 5.82 Å². The molecule has 2 aromatic heterocycles. The number of pyridine rings is 1. The molecule has 2 heterocycles. The SMILES string of the molecule is CC(C)(C)CC(Nc1ccc2ccccc2n1)c1nn[nH]n1.